The van der Waals surface area contributed by atoms with Crippen LogP contribution in [0.25, 0.3) is 0 Å². The van der Waals surface area contributed by atoms with Gasteiger partial charge >= 0.3 is 0 Å². The smallest absolute Gasteiger partial charge is 0.253 e. The molecule has 2 saturated heterocycles. The topological polar surface area (TPSA) is 87.7 Å². The summed E-state index contributed by atoms with van der Waals surface area (Å²) in [6.45, 7) is 1.94. The van der Waals surface area contributed by atoms with E-state index in [0.717, 1.165) is 18.4 Å². The number of rotatable bonds is 8. The van der Waals surface area contributed by atoms with Gasteiger partial charge in [-0.25, -0.2) is 4.39 Å². The number of anilines is 1. The number of hydrogen-bond acceptors (Lipinski definition) is 4. The second-order valence-corrected chi connectivity index (χ2v) is 8.50. The van der Waals surface area contributed by atoms with Gasteiger partial charge in [0, 0.05) is 32.7 Å². The predicted octanol–water partition coefficient (Wildman–Crippen LogP) is 2.76. The fourth-order valence-electron chi connectivity index (χ4n) is 4.21. The highest BCUT2D eigenvalue weighted by molar-refractivity contribution is 6.05. The molecule has 4 rings (SSSR count). The molecule has 8 heteroatoms. The van der Waals surface area contributed by atoms with E-state index in [0.29, 0.717) is 43.9 Å². The summed E-state index contributed by atoms with van der Waals surface area (Å²) in [7, 11) is 0. The average molecular weight is 454 g/mol. The van der Waals surface area contributed by atoms with E-state index in [2.05, 4.69) is 10.6 Å². The van der Waals surface area contributed by atoms with Crippen LogP contribution >= 0.6 is 0 Å². The second-order valence-electron chi connectivity index (χ2n) is 8.50. The van der Waals surface area contributed by atoms with Gasteiger partial charge in [0.1, 0.15) is 5.82 Å². The number of ether oxygens (including phenoxy) is 1. The molecule has 7 nitrogen and oxygen atoms in total. The van der Waals surface area contributed by atoms with Crippen LogP contribution in [-0.4, -0.2) is 55.0 Å². The Hall–Kier alpha value is -3.26. The van der Waals surface area contributed by atoms with Crippen molar-refractivity contribution in [1.82, 2.24) is 10.2 Å². The molecule has 2 aliphatic rings. The van der Waals surface area contributed by atoms with Crippen LogP contribution < -0.4 is 10.6 Å². The monoisotopic (exact) mass is 453 g/mol. The molecule has 2 aromatic carbocycles. The number of para-hydroxylation sites is 1. The maximum atomic E-state index is 13.1. The third-order valence-electron chi connectivity index (χ3n) is 6.11. The molecule has 0 saturated carbocycles. The summed E-state index contributed by atoms with van der Waals surface area (Å²) >= 11 is 0. The Balaban J connectivity index is 1.32. The molecular formula is C25H28FN3O4. The fraction of sp³-hybridized carbons (Fsp3) is 0.400. The maximum Gasteiger partial charge on any atom is 0.253 e. The fourth-order valence-corrected chi connectivity index (χ4v) is 4.21. The average Bonchev–Trinajstić information content (AvgIpc) is 3.47. The normalized spacial score (nSPS) is 20.2. The summed E-state index contributed by atoms with van der Waals surface area (Å²) in [5.74, 6) is -1.43. The van der Waals surface area contributed by atoms with Gasteiger partial charge < -0.3 is 20.3 Å². The summed E-state index contributed by atoms with van der Waals surface area (Å²) in [4.78, 5) is 39.6. The van der Waals surface area contributed by atoms with Gasteiger partial charge in [0.2, 0.25) is 11.8 Å². The molecular weight excluding hydrogens is 425 g/mol. The molecule has 2 atom stereocenters. The standard InChI is InChI=1S/C25H28FN3O4/c26-19-9-7-17(8-10-19)11-12-29-16-18(14-23(29)30)24(31)28-22-6-2-1-5-21(22)25(32)27-15-20-4-3-13-33-20/h1-2,5-10,18,20H,3-4,11-16H2,(H,27,32)(H,28,31). The Morgan fingerprint density at radius 3 is 2.67 bits per heavy atom. The second kappa shape index (κ2) is 10.6. The number of carbonyl (C=O) groups is 3. The highest BCUT2D eigenvalue weighted by Gasteiger charge is 2.34. The van der Waals surface area contributed by atoms with Gasteiger partial charge in [-0.2, -0.15) is 0 Å². The highest BCUT2D eigenvalue weighted by atomic mass is 19.1. The number of halogens is 1. The number of amides is 3. The molecule has 0 radical (unpaired) electrons. The van der Waals surface area contributed by atoms with Crippen LogP contribution in [0.2, 0.25) is 0 Å². The molecule has 174 valence electrons. The quantitative estimate of drug-likeness (QED) is 0.644. The molecule has 2 fully saturated rings. The zero-order chi connectivity index (χ0) is 23.2. The Bertz CT molecular complexity index is 1000. The van der Waals surface area contributed by atoms with Crippen molar-refractivity contribution in [2.75, 3.05) is 31.6 Å². The number of carbonyl (C=O) groups excluding carboxylic acids is 3. The lowest BCUT2D eigenvalue weighted by Gasteiger charge is -2.17. The molecule has 3 amide bonds. The number of likely N-dealkylation sites (tertiary alicyclic amines) is 1. The number of nitrogens with zero attached hydrogens (tertiary/aromatic N) is 1. The van der Waals surface area contributed by atoms with E-state index in [1.807, 2.05) is 0 Å². The molecule has 0 aromatic heterocycles. The van der Waals surface area contributed by atoms with E-state index in [-0.39, 0.29) is 36.1 Å². The van der Waals surface area contributed by atoms with Crippen molar-refractivity contribution in [1.29, 1.82) is 0 Å². The van der Waals surface area contributed by atoms with Crippen molar-refractivity contribution in [2.45, 2.75) is 31.8 Å². The third kappa shape index (κ3) is 5.96. The first kappa shape index (κ1) is 22.9. The van der Waals surface area contributed by atoms with Crippen LogP contribution in [0.3, 0.4) is 0 Å². The number of benzene rings is 2. The van der Waals surface area contributed by atoms with E-state index < -0.39 is 5.92 Å². The summed E-state index contributed by atoms with van der Waals surface area (Å²) in [6.07, 6.45) is 2.66. The van der Waals surface area contributed by atoms with E-state index in [1.54, 1.807) is 41.3 Å². The SMILES string of the molecule is O=C(NCC1CCCO1)c1ccccc1NC(=O)C1CC(=O)N(CCc2ccc(F)cc2)C1. The number of nitrogens with one attached hydrogen (secondary N) is 2. The Morgan fingerprint density at radius 2 is 1.91 bits per heavy atom. The summed E-state index contributed by atoms with van der Waals surface area (Å²) in [5, 5.41) is 5.70. The molecule has 2 aromatic rings. The first-order chi connectivity index (χ1) is 16.0. The molecule has 33 heavy (non-hydrogen) atoms. The lowest BCUT2D eigenvalue weighted by atomic mass is 10.1. The first-order valence-electron chi connectivity index (χ1n) is 11.3. The minimum atomic E-state index is -0.492. The van der Waals surface area contributed by atoms with E-state index in [1.165, 1.54) is 12.1 Å². The zero-order valence-electron chi connectivity index (χ0n) is 18.4. The van der Waals surface area contributed by atoms with Crippen molar-refractivity contribution in [2.24, 2.45) is 5.92 Å². The van der Waals surface area contributed by atoms with E-state index >= 15 is 0 Å². The Morgan fingerprint density at radius 1 is 1.12 bits per heavy atom. The predicted molar refractivity (Wildman–Crippen MR) is 121 cm³/mol. The van der Waals surface area contributed by atoms with Crippen molar-refractivity contribution in [3.8, 4) is 0 Å². The Labute approximate surface area is 192 Å². The molecule has 2 unspecified atom stereocenters. The number of hydrogen-bond donors (Lipinski definition) is 2. The first-order valence-corrected chi connectivity index (χ1v) is 11.3. The lowest BCUT2D eigenvalue weighted by molar-refractivity contribution is -0.128. The largest absolute Gasteiger partial charge is 0.376 e. The van der Waals surface area contributed by atoms with Gasteiger partial charge in [-0.15, -0.1) is 0 Å². The summed E-state index contributed by atoms with van der Waals surface area (Å²) < 4.78 is 18.6. The van der Waals surface area contributed by atoms with Crippen LogP contribution in [0.5, 0.6) is 0 Å². The van der Waals surface area contributed by atoms with Crippen molar-refractivity contribution in [3.63, 3.8) is 0 Å². The Kier molecular flexibility index (Phi) is 7.34. The van der Waals surface area contributed by atoms with Crippen LogP contribution in [0.15, 0.2) is 48.5 Å². The lowest BCUT2D eigenvalue weighted by Crippen LogP contribution is -2.33. The molecule has 2 aliphatic heterocycles. The highest BCUT2D eigenvalue weighted by Crippen LogP contribution is 2.22. The van der Waals surface area contributed by atoms with Crippen molar-refractivity contribution < 1.29 is 23.5 Å². The van der Waals surface area contributed by atoms with Gasteiger partial charge in [0.15, 0.2) is 0 Å². The maximum absolute atomic E-state index is 13.1. The minimum Gasteiger partial charge on any atom is -0.376 e. The van der Waals surface area contributed by atoms with Gasteiger partial charge in [0.25, 0.3) is 5.91 Å². The molecule has 0 bridgehead atoms. The van der Waals surface area contributed by atoms with Gasteiger partial charge in [-0.3, -0.25) is 14.4 Å². The van der Waals surface area contributed by atoms with Crippen LogP contribution in [-0.2, 0) is 20.7 Å². The molecule has 2 N–H and O–H groups in total. The summed E-state index contributed by atoms with van der Waals surface area (Å²) in [6, 6.07) is 13.0. The van der Waals surface area contributed by atoms with Gasteiger partial charge in [0.05, 0.1) is 23.3 Å². The minimum absolute atomic E-state index is 0.0288. The molecule has 0 aliphatic carbocycles. The van der Waals surface area contributed by atoms with E-state index in [9.17, 15) is 18.8 Å². The van der Waals surface area contributed by atoms with Crippen molar-refractivity contribution >= 4 is 23.4 Å². The van der Waals surface area contributed by atoms with Gasteiger partial charge in [-0.05, 0) is 49.1 Å². The third-order valence-corrected chi connectivity index (χ3v) is 6.11. The van der Waals surface area contributed by atoms with Crippen LogP contribution in [0.1, 0.15) is 35.2 Å². The van der Waals surface area contributed by atoms with Crippen LogP contribution in [0, 0.1) is 11.7 Å². The van der Waals surface area contributed by atoms with Crippen LogP contribution in [0.4, 0.5) is 10.1 Å². The molecule has 2 heterocycles. The zero-order valence-corrected chi connectivity index (χ0v) is 18.4. The van der Waals surface area contributed by atoms with E-state index in [4.69, 9.17) is 4.74 Å². The van der Waals surface area contributed by atoms with Crippen molar-refractivity contribution in [3.05, 3.63) is 65.5 Å². The molecule has 0 spiro atoms. The summed E-state index contributed by atoms with van der Waals surface area (Å²) in [5.41, 5.74) is 1.73. The van der Waals surface area contributed by atoms with Gasteiger partial charge in [-0.1, -0.05) is 24.3 Å².